The fourth-order valence-electron chi connectivity index (χ4n) is 8.43. The molecule has 0 aromatic heterocycles. The van der Waals surface area contributed by atoms with Crippen LogP contribution in [0.4, 0.5) is 0 Å². The minimum absolute atomic E-state index is 0.116. The molecule has 4 nitrogen and oxygen atoms in total. The number of hydrogen-bond acceptors (Lipinski definition) is 4. The molecule has 4 aliphatic rings. The van der Waals surface area contributed by atoms with Crippen molar-refractivity contribution < 1.29 is 19.8 Å². The number of benzene rings is 1. The Kier molecular flexibility index (Phi) is 6.06. The topological polar surface area (TPSA) is 74.6 Å². The van der Waals surface area contributed by atoms with Crippen LogP contribution in [-0.4, -0.2) is 21.8 Å². The molecule has 1 aromatic carbocycles. The summed E-state index contributed by atoms with van der Waals surface area (Å²) in [5.74, 6) is -0.187. The molecule has 0 amide bonds. The zero-order chi connectivity index (χ0) is 26.9. The number of carbonyl (C=O) groups excluding carboxylic acids is 2. The van der Waals surface area contributed by atoms with Gasteiger partial charge >= 0.3 is 0 Å². The SMILES string of the molecule is CC(=O)C1=C(C)CC2(C)CC3(C)Cc4c(CCCC5=CC=CC5)ccc(O)c4C(O)C3=C(C)C2(C)C1=O. The van der Waals surface area contributed by atoms with Crippen LogP contribution in [0.3, 0.4) is 0 Å². The first-order valence-corrected chi connectivity index (χ1v) is 13.7. The number of aryl methyl sites for hydroxylation is 1. The van der Waals surface area contributed by atoms with E-state index < -0.39 is 11.5 Å². The second-order valence-electron chi connectivity index (χ2n) is 12.7. The van der Waals surface area contributed by atoms with Gasteiger partial charge in [0.25, 0.3) is 0 Å². The van der Waals surface area contributed by atoms with Gasteiger partial charge in [-0.2, -0.15) is 0 Å². The van der Waals surface area contributed by atoms with Crippen LogP contribution >= 0.6 is 0 Å². The molecule has 0 heterocycles. The Bertz CT molecular complexity index is 1340. The summed E-state index contributed by atoms with van der Waals surface area (Å²) < 4.78 is 0. The van der Waals surface area contributed by atoms with Gasteiger partial charge in [-0.25, -0.2) is 0 Å². The molecule has 0 fully saturated rings. The van der Waals surface area contributed by atoms with Crippen LogP contribution in [0.15, 0.2) is 58.2 Å². The van der Waals surface area contributed by atoms with E-state index in [-0.39, 0.29) is 28.1 Å². The fraction of sp³-hybridized carbons (Fsp3) is 0.515. The predicted octanol–water partition coefficient (Wildman–Crippen LogP) is 6.81. The molecule has 0 spiro atoms. The Hall–Kier alpha value is -2.72. The second kappa shape index (κ2) is 8.66. The van der Waals surface area contributed by atoms with Gasteiger partial charge in [0.1, 0.15) is 11.9 Å². The number of ketones is 2. The van der Waals surface area contributed by atoms with Crippen LogP contribution in [0.1, 0.15) is 96.4 Å². The molecule has 2 N–H and O–H groups in total. The molecule has 4 heteroatoms. The Morgan fingerprint density at radius 2 is 1.84 bits per heavy atom. The van der Waals surface area contributed by atoms with Gasteiger partial charge in [0.15, 0.2) is 11.6 Å². The predicted molar refractivity (Wildman–Crippen MR) is 146 cm³/mol. The van der Waals surface area contributed by atoms with Crippen molar-refractivity contribution in [1.29, 1.82) is 0 Å². The molecule has 0 saturated heterocycles. The Morgan fingerprint density at radius 1 is 1.11 bits per heavy atom. The molecule has 5 rings (SSSR count). The Labute approximate surface area is 220 Å². The van der Waals surface area contributed by atoms with Gasteiger partial charge in [-0.05, 0) is 106 Å². The highest BCUT2D eigenvalue weighted by molar-refractivity contribution is 6.23. The molecule has 4 unspecified atom stereocenters. The Balaban J connectivity index is 1.59. The summed E-state index contributed by atoms with van der Waals surface area (Å²) in [5, 5.41) is 22.8. The molecule has 4 aliphatic carbocycles. The van der Waals surface area contributed by atoms with Gasteiger partial charge in [0.2, 0.25) is 0 Å². The van der Waals surface area contributed by atoms with Crippen molar-refractivity contribution in [2.75, 3.05) is 0 Å². The number of rotatable bonds is 5. The lowest BCUT2D eigenvalue weighted by molar-refractivity contribution is -0.135. The third kappa shape index (κ3) is 3.66. The van der Waals surface area contributed by atoms with E-state index in [4.69, 9.17) is 0 Å². The number of aromatic hydroxyl groups is 1. The van der Waals surface area contributed by atoms with Crippen LogP contribution < -0.4 is 0 Å². The van der Waals surface area contributed by atoms with E-state index >= 15 is 0 Å². The van der Waals surface area contributed by atoms with E-state index in [0.717, 1.165) is 60.8 Å². The minimum atomic E-state index is -0.975. The summed E-state index contributed by atoms with van der Waals surface area (Å²) in [7, 11) is 0. The molecule has 196 valence electrons. The Morgan fingerprint density at radius 3 is 2.49 bits per heavy atom. The van der Waals surface area contributed by atoms with Crippen molar-refractivity contribution in [3.63, 3.8) is 0 Å². The summed E-state index contributed by atoms with van der Waals surface area (Å²) in [5.41, 5.74) is 5.64. The number of aliphatic hydroxyl groups is 1. The minimum Gasteiger partial charge on any atom is -0.508 e. The van der Waals surface area contributed by atoms with Crippen molar-refractivity contribution in [2.45, 2.75) is 92.6 Å². The largest absolute Gasteiger partial charge is 0.508 e. The third-order valence-corrected chi connectivity index (χ3v) is 10.2. The van der Waals surface area contributed by atoms with Gasteiger partial charge in [0, 0.05) is 5.56 Å². The van der Waals surface area contributed by atoms with Gasteiger partial charge in [0.05, 0.1) is 11.0 Å². The average molecular weight is 501 g/mol. The van der Waals surface area contributed by atoms with Crippen LogP contribution in [0.25, 0.3) is 0 Å². The summed E-state index contributed by atoms with van der Waals surface area (Å²) in [4.78, 5) is 26.5. The lowest BCUT2D eigenvalue weighted by Crippen LogP contribution is -2.56. The summed E-state index contributed by atoms with van der Waals surface area (Å²) in [6, 6.07) is 3.74. The number of aliphatic hydroxyl groups excluding tert-OH is 1. The number of phenolic OH excluding ortho intramolecular Hbond substituents is 1. The van der Waals surface area contributed by atoms with Crippen molar-refractivity contribution in [3.05, 3.63) is 74.9 Å². The van der Waals surface area contributed by atoms with E-state index in [2.05, 4.69) is 32.1 Å². The van der Waals surface area contributed by atoms with Crippen LogP contribution in [-0.2, 0) is 22.4 Å². The van der Waals surface area contributed by atoms with Gasteiger partial charge in [-0.15, -0.1) is 0 Å². The van der Waals surface area contributed by atoms with E-state index in [1.54, 1.807) is 6.07 Å². The monoisotopic (exact) mass is 500 g/mol. The number of hydrogen-bond donors (Lipinski definition) is 2. The maximum atomic E-state index is 14.0. The number of fused-ring (bicyclic) bond motifs is 3. The third-order valence-electron chi connectivity index (χ3n) is 10.2. The molecule has 0 bridgehead atoms. The highest BCUT2D eigenvalue weighted by atomic mass is 16.3. The van der Waals surface area contributed by atoms with Crippen molar-refractivity contribution in [1.82, 2.24) is 0 Å². The molecule has 0 radical (unpaired) electrons. The molecule has 37 heavy (non-hydrogen) atoms. The van der Waals surface area contributed by atoms with Crippen molar-refractivity contribution in [2.24, 2.45) is 16.2 Å². The lowest BCUT2D eigenvalue weighted by atomic mass is 9.42. The maximum Gasteiger partial charge on any atom is 0.176 e. The second-order valence-corrected chi connectivity index (χ2v) is 12.7. The summed E-state index contributed by atoms with van der Waals surface area (Å²) in [6.45, 7) is 11.7. The average Bonchev–Trinajstić information content (AvgIpc) is 3.31. The van der Waals surface area contributed by atoms with Gasteiger partial charge in [-0.1, -0.05) is 54.9 Å². The zero-order valence-electron chi connectivity index (χ0n) is 23.1. The molecule has 1 aromatic rings. The van der Waals surface area contributed by atoms with Gasteiger partial charge < -0.3 is 10.2 Å². The number of Topliss-reactive ketones (excluding diaryl/α,β-unsaturated/α-hetero) is 2. The molecular weight excluding hydrogens is 460 g/mol. The number of phenols is 1. The first-order chi connectivity index (χ1) is 17.3. The van der Waals surface area contributed by atoms with E-state index in [0.29, 0.717) is 17.6 Å². The first-order valence-electron chi connectivity index (χ1n) is 13.7. The fourth-order valence-corrected chi connectivity index (χ4v) is 8.43. The van der Waals surface area contributed by atoms with Crippen LogP contribution in [0.5, 0.6) is 5.75 Å². The number of allylic oxidation sites excluding steroid dienone is 7. The lowest BCUT2D eigenvalue weighted by Gasteiger charge is -2.60. The van der Waals surface area contributed by atoms with Crippen molar-refractivity contribution in [3.8, 4) is 5.75 Å². The molecular formula is C33H40O4. The van der Waals surface area contributed by atoms with Crippen LogP contribution in [0.2, 0.25) is 0 Å². The highest BCUT2D eigenvalue weighted by Gasteiger charge is 2.63. The zero-order valence-corrected chi connectivity index (χ0v) is 23.1. The highest BCUT2D eigenvalue weighted by Crippen LogP contribution is 2.68. The summed E-state index contributed by atoms with van der Waals surface area (Å²) in [6.07, 6.45) is 11.7. The van der Waals surface area contributed by atoms with E-state index in [1.807, 2.05) is 26.8 Å². The smallest absolute Gasteiger partial charge is 0.176 e. The first kappa shape index (κ1) is 25.9. The number of carbonyl (C=O) groups is 2. The normalized spacial score (nSPS) is 32.8. The molecule has 0 aliphatic heterocycles. The van der Waals surface area contributed by atoms with E-state index in [9.17, 15) is 19.8 Å². The summed E-state index contributed by atoms with van der Waals surface area (Å²) >= 11 is 0. The quantitative estimate of drug-likeness (QED) is 0.344. The maximum absolute atomic E-state index is 14.0. The molecule has 0 saturated carbocycles. The van der Waals surface area contributed by atoms with Gasteiger partial charge in [-0.3, -0.25) is 9.59 Å². The standard InChI is InChI=1S/C33H40O4/c1-19-16-32(5)18-31(4)17-24-23(13-9-12-22-10-7-8-11-22)14-15-25(35)27(24)29(36)28(31)20(2)33(32,6)30(37)26(19)21(3)34/h7-8,10,14-15,29,35-36H,9,11-13,16-18H2,1-6H3. The van der Waals surface area contributed by atoms with Crippen molar-refractivity contribution >= 4 is 11.6 Å². The van der Waals surface area contributed by atoms with E-state index in [1.165, 1.54) is 18.1 Å². The molecule has 4 atom stereocenters. The van der Waals surface area contributed by atoms with Crippen LogP contribution in [0, 0.1) is 16.2 Å².